The van der Waals surface area contributed by atoms with E-state index in [1.54, 1.807) is 18.1 Å². The third kappa shape index (κ3) is 2.39. The molecule has 0 atom stereocenters. The minimum absolute atomic E-state index is 0.147. The smallest absolute Gasteiger partial charge is 0.231 e. The first-order valence-corrected chi connectivity index (χ1v) is 5.68. The summed E-state index contributed by atoms with van der Waals surface area (Å²) in [5, 5.41) is 3.26. The molecule has 0 unspecified atom stereocenters. The monoisotopic (exact) mass is 219 g/mol. The summed E-state index contributed by atoms with van der Waals surface area (Å²) in [7, 11) is 1.80. The number of hydrogen-bond donors (Lipinski definition) is 1. The number of anilines is 1. The maximum Gasteiger partial charge on any atom is 0.231 e. The van der Waals surface area contributed by atoms with Crippen LogP contribution < -0.4 is 10.2 Å². The largest absolute Gasteiger partial charge is 0.317 e. The van der Waals surface area contributed by atoms with E-state index in [1.807, 2.05) is 18.2 Å². The Balaban J connectivity index is 2.04. The van der Waals surface area contributed by atoms with Gasteiger partial charge in [0.15, 0.2) is 0 Å². The fourth-order valence-corrected chi connectivity index (χ4v) is 2.01. The lowest BCUT2D eigenvalue weighted by atomic mass is 9.97. The number of rotatable bonds is 2. The average Bonchev–Trinajstić information content (AvgIpc) is 2.39. The van der Waals surface area contributed by atoms with E-state index in [0.29, 0.717) is 0 Å². The van der Waals surface area contributed by atoms with Gasteiger partial charge in [0.1, 0.15) is 5.82 Å². The van der Waals surface area contributed by atoms with Gasteiger partial charge in [-0.1, -0.05) is 6.07 Å². The standard InChI is InChI=1S/C12H17N3O/c1-15(11-4-2-3-7-14-11)12(16)10-5-8-13-9-6-10/h2-4,7,10,13H,5-6,8-9H2,1H3. The maximum atomic E-state index is 12.2. The maximum absolute atomic E-state index is 12.2. The number of hydrogen-bond acceptors (Lipinski definition) is 3. The Morgan fingerprint density at radius 2 is 2.19 bits per heavy atom. The molecular weight excluding hydrogens is 202 g/mol. The Morgan fingerprint density at radius 1 is 1.44 bits per heavy atom. The lowest BCUT2D eigenvalue weighted by Gasteiger charge is -2.26. The molecule has 4 nitrogen and oxygen atoms in total. The summed E-state index contributed by atoms with van der Waals surface area (Å²) < 4.78 is 0. The summed E-state index contributed by atoms with van der Waals surface area (Å²) in [6.07, 6.45) is 3.56. The summed E-state index contributed by atoms with van der Waals surface area (Å²) in [6.45, 7) is 1.87. The van der Waals surface area contributed by atoms with Crippen LogP contribution in [0, 0.1) is 5.92 Å². The predicted octanol–water partition coefficient (Wildman–Crippen LogP) is 1.04. The van der Waals surface area contributed by atoms with Gasteiger partial charge in [-0.2, -0.15) is 0 Å². The van der Waals surface area contributed by atoms with Gasteiger partial charge in [0.2, 0.25) is 5.91 Å². The van der Waals surface area contributed by atoms with E-state index in [9.17, 15) is 4.79 Å². The van der Waals surface area contributed by atoms with Crippen molar-refractivity contribution in [1.82, 2.24) is 10.3 Å². The van der Waals surface area contributed by atoms with E-state index < -0.39 is 0 Å². The van der Waals surface area contributed by atoms with Gasteiger partial charge < -0.3 is 5.32 Å². The molecule has 1 aliphatic heterocycles. The normalized spacial score (nSPS) is 17.1. The van der Waals surface area contributed by atoms with Crippen molar-refractivity contribution in [1.29, 1.82) is 0 Å². The lowest BCUT2D eigenvalue weighted by molar-refractivity contribution is -0.122. The molecule has 16 heavy (non-hydrogen) atoms. The van der Waals surface area contributed by atoms with Gasteiger partial charge in [-0.05, 0) is 38.1 Å². The summed E-state index contributed by atoms with van der Waals surface area (Å²) in [4.78, 5) is 18.0. The molecule has 4 heteroatoms. The highest BCUT2D eigenvalue weighted by molar-refractivity contribution is 5.93. The minimum Gasteiger partial charge on any atom is -0.317 e. The van der Waals surface area contributed by atoms with Crippen LogP contribution in [0.1, 0.15) is 12.8 Å². The van der Waals surface area contributed by atoms with Crippen LogP contribution in [-0.4, -0.2) is 31.0 Å². The van der Waals surface area contributed by atoms with Crippen molar-refractivity contribution in [3.8, 4) is 0 Å². The van der Waals surface area contributed by atoms with Crippen molar-refractivity contribution in [2.75, 3.05) is 25.0 Å². The zero-order valence-corrected chi connectivity index (χ0v) is 9.52. The second kappa shape index (κ2) is 5.07. The van der Waals surface area contributed by atoms with E-state index >= 15 is 0 Å². The highest BCUT2D eigenvalue weighted by Gasteiger charge is 2.24. The lowest BCUT2D eigenvalue weighted by Crippen LogP contribution is -2.39. The molecule has 0 saturated carbocycles. The molecule has 0 aromatic carbocycles. The molecule has 0 spiro atoms. The third-order valence-electron chi connectivity index (χ3n) is 3.01. The highest BCUT2D eigenvalue weighted by atomic mass is 16.2. The van der Waals surface area contributed by atoms with E-state index in [2.05, 4.69) is 10.3 Å². The summed E-state index contributed by atoms with van der Waals surface area (Å²) in [5.41, 5.74) is 0. The molecule has 1 aromatic rings. The van der Waals surface area contributed by atoms with Gasteiger partial charge in [-0.3, -0.25) is 9.69 Å². The molecule has 1 saturated heterocycles. The molecule has 1 aromatic heterocycles. The van der Waals surface area contributed by atoms with Crippen LogP contribution in [-0.2, 0) is 4.79 Å². The molecule has 0 aliphatic carbocycles. The molecule has 1 aliphatic rings. The van der Waals surface area contributed by atoms with E-state index in [1.165, 1.54) is 0 Å². The Bertz CT molecular complexity index is 347. The molecule has 1 amide bonds. The van der Waals surface area contributed by atoms with E-state index in [-0.39, 0.29) is 11.8 Å². The molecule has 0 radical (unpaired) electrons. The SMILES string of the molecule is CN(C(=O)C1CCNCC1)c1ccccn1. The third-order valence-corrected chi connectivity index (χ3v) is 3.01. The van der Waals surface area contributed by atoms with Crippen molar-refractivity contribution in [2.24, 2.45) is 5.92 Å². The fraction of sp³-hybridized carbons (Fsp3) is 0.500. The van der Waals surface area contributed by atoms with Gasteiger partial charge in [-0.15, -0.1) is 0 Å². The van der Waals surface area contributed by atoms with Crippen LogP contribution in [0.3, 0.4) is 0 Å². The molecule has 2 heterocycles. The summed E-state index contributed by atoms with van der Waals surface area (Å²) >= 11 is 0. The van der Waals surface area contributed by atoms with Crippen LogP contribution in [0.4, 0.5) is 5.82 Å². The summed E-state index contributed by atoms with van der Waals surface area (Å²) in [5.74, 6) is 1.06. The Hall–Kier alpha value is -1.42. The average molecular weight is 219 g/mol. The van der Waals surface area contributed by atoms with Crippen LogP contribution in [0.5, 0.6) is 0 Å². The Labute approximate surface area is 95.7 Å². The molecule has 1 N–H and O–H groups in total. The topological polar surface area (TPSA) is 45.2 Å². The van der Waals surface area contributed by atoms with E-state index in [0.717, 1.165) is 31.7 Å². The number of nitrogens with one attached hydrogen (secondary N) is 1. The van der Waals surface area contributed by atoms with Gasteiger partial charge in [0, 0.05) is 19.2 Å². The predicted molar refractivity (Wildman–Crippen MR) is 63.2 cm³/mol. The van der Waals surface area contributed by atoms with Crippen LogP contribution in [0.15, 0.2) is 24.4 Å². The fourth-order valence-electron chi connectivity index (χ4n) is 2.01. The first-order valence-electron chi connectivity index (χ1n) is 5.68. The van der Waals surface area contributed by atoms with Crippen molar-refractivity contribution >= 4 is 11.7 Å². The zero-order chi connectivity index (χ0) is 11.4. The first-order chi connectivity index (χ1) is 7.79. The first kappa shape index (κ1) is 11.1. The van der Waals surface area contributed by atoms with Gasteiger partial charge in [0.05, 0.1) is 0 Å². The minimum atomic E-state index is 0.147. The second-order valence-corrected chi connectivity index (χ2v) is 4.11. The summed E-state index contributed by atoms with van der Waals surface area (Å²) in [6, 6.07) is 5.61. The van der Waals surface area contributed by atoms with Gasteiger partial charge in [-0.25, -0.2) is 4.98 Å². The molecule has 86 valence electrons. The Morgan fingerprint density at radius 3 is 2.81 bits per heavy atom. The van der Waals surface area contributed by atoms with Gasteiger partial charge in [0.25, 0.3) is 0 Å². The number of aromatic nitrogens is 1. The highest BCUT2D eigenvalue weighted by Crippen LogP contribution is 2.17. The van der Waals surface area contributed by atoms with Crippen molar-refractivity contribution in [3.63, 3.8) is 0 Å². The number of piperidine rings is 1. The van der Waals surface area contributed by atoms with E-state index in [4.69, 9.17) is 0 Å². The number of amides is 1. The Kier molecular flexibility index (Phi) is 3.51. The second-order valence-electron chi connectivity index (χ2n) is 4.11. The van der Waals surface area contributed by atoms with Crippen LogP contribution in [0.25, 0.3) is 0 Å². The van der Waals surface area contributed by atoms with Crippen molar-refractivity contribution in [2.45, 2.75) is 12.8 Å². The molecule has 1 fully saturated rings. The van der Waals surface area contributed by atoms with Crippen LogP contribution in [0.2, 0.25) is 0 Å². The molecular formula is C12H17N3O. The zero-order valence-electron chi connectivity index (χ0n) is 9.52. The number of nitrogens with zero attached hydrogens (tertiary/aromatic N) is 2. The van der Waals surface area contributed by atoms with Crippen molar-refractivity contribution < 1.29 is 4.79 Å². The van der Waals surface area contributed by atoms with Gasteiger partial charge >= 0.3 is 0 Å². The molecule has 0 bridgehead atoms. The van der Waals surface area contributed by atoms with Crippen molar-refractivity contribution in [3.05, 3.63) is 24.4 Å². The number of carbonyl (C=O) groups is 1. The quantitative estimate of drug-likeness (QED) is 0.808. The molecule has 2 rings (SSSR count). The number of carbonyl (C=O) groups excluding carboxylic acids is 1. The number of pyridine rings is 1. The van der Waals surface area contributed by atoms with Crippen LogP contribution >= 0.6 is 0 Å².